The molecule has 1 aromatic heterocycles. The van der Waals surface area contributed by atoms with Gasteiger partial charge < -0.3 is 10.4 Å². The second-order valence-corrected chi connectivity index (χ2v) is 5.16. The predicted molar refractivity (Wildman–Crippen MR) is 62.7 cm³/mol. The van der Waals surface area contributed by atoms with E-state index in [2.05, 4.69) is 10.3 Å². The molecule has 5 heteroatoms. The van der Waals surface area contributed by atoms with Crippen LogP contribution in [0.2, 0.25) is 0 Å². The highest BCUT2D eigenvalue weighted by Gasteiger charge is 2.35. The standard InChI is InChI=1S/C11H16N2O2S/c1-7-9(16-6-13-7)4-5-12-10(11(14)15)8-2-3-8/h6,8,10,12H,2-5H2,1H3,(H,14,15). The van der Waals surface area contributed by atoms with Gasteiger partial charge in [0.2, 0.25) is 0 Å². The number of thiazole rings is 1. The molecule has 2 N–H and O–H groups in total. The molecule has 0 aromatic carbocycles. The summed E-state index contributed by atoms with van der Waals surface area (Å²) in [6, 6.07) is -0.353. The van der Waals surface area contributed by atoms with Crippen molar-refractivity contribution in [1.29, 1.82) is 0 Å². The van der Waals surface area contributed by atoms with Crippen molar-refractivity contribution in [3.05, 3.63) is 16.1 Å². The number of nitrogens with one attached hydrogen (secondary N) is 1. The first-order valence-corrected chi connectivity index (χ1v) is 6.41. The van der Waals surface area contributed by atoms with Gasteiger partial charge in [-0.2, -0.15) is 0 Å². The third-order valence-electron chi connectivity index (χ3n) is 2.92. The fraction of sp³-hybridized carbons (Fsp3) is 0.636. The molecule has 1 atom stereocenters. The third-order valence-corrected chi connectivity index (χ3v) is 3.92. The Kier molecular flexibility index (Phi) is 3.56. The molecule has 0 saturated heterocycles. The highest BCUT2D eigenvalue weighted by Crippen LogP contribution is 2.32. The van der Waals surface area contributed by atoms with Gasteiger partial charge in [0.1, 0.15) is 6.04 Å². The number of carboxylic acids is 1. The van der Waals surface area contributed by atoms with E-state index in [4.69, 9.17) is 5.11 Å². The van der Waals surface area contributed by atoms with Crippen molar-refractivity contribution in [2.24, 2.45) is 5.92 Å². The normalized spacial score (nSPS) is 17.3. The fourth-order valence-electron chi connectivity index (χ4n) is 1.79. The first-order chi connectivity index (χ1) is 7.68. The summed E-state index contributed by atoms with van der Waals surface area (Å²) < 4.78 is 0. The van der Waals surface area contributed by atoms with Gasteiger partial charge in [-0.3, -0.25) is 4.79 Å². The SMILES string of the molecule is Cc1ncsc1CCNC(C(=O)O)C1CC1. The number of rotatable bonds is 6. The van der Waals surface area contributed by atoms with Gasteiger partial charge in [0, 0.05) is 11.4 Å². The summed E-state index contributed by atoms with van der Waals surface area (Å²) in [5.41, 5.74) is 2.89. The second-order valence-electron chi connectivity index (χ2n) is 4.22. The van der Waals surface area contributed by atoms with Crippen LogP contribution in [0.25, 0.3) is 0 Å². The number of carboxylic acid groups (broad SMARTS) is 1. The Bertz CT molecular complexity index is 374. The van der Waals surface area contributed by atoms with E-state index in [0.29, 0.717) is 5.92 Å². The average molecular weight is 240 g/mol. The Morgan fingerprint density at radius 2 is 2.50 bits per heavy atom. The van der Waals surface area contributed by atoms with Gasteiger partial charge in [-0.15, -0.1) is 11.3 Å². The van der Waals surface area contributed by atoms with Crippen LogP contribution in [0.5, 0.6) is 0 Å². The molecule has 88 valence electrons. The number of aliphatic carboxylic acids is 1. The predicted octanol–water partition coefficient (Wildman–Crippen LogP) is 1.45. The molecule has 2 rings (SSSR count). The zero-order valence-corrected chi connectivity index (χ0v) is 10.1. The van der Waals surface area contributed by atoms with Gasteiger partial charge in [-0.05, 0) is 32.1 Å². The minimum atomic E-state index is -0.719. The highest BCUT2D eigenvalue weighted by molar-refractivity contribution is 7.09. The van der Waals surface area contributed by atoms with Gasteiger partial charge in [-0.1, -0.05) is 0 Å². The lowest BCUT2D eigenvalue weighted by molar-refractivity contribution is -0.140. The topological polar surface area (TPSA) is 62.2 Å². The van der Waals surface area contributed by atoms with Crippen LogP contribution in [0.3, 0.4) is 0 Å². The highest BCUT2D eigenvalue weighted by atomic mass is 32.1. The van der Waals surface area contributed by atoms with Gasteiger partial charge in [0.05, 0.1) is 11.2 Å². The number of hydrogen-bond acceptors (Lipinski definition) is 4. The summed E-state index contributed by atoms with van der Waals surface area (Å²) >= 11 is 1.64. The summed E-state index contributed by atoms with van der Waals surface area (Å²) in [5, 5.41) is 12.1. The molecule has 16 heavy (non-hydrogen) atoms. The largest absolute Gasteiger partial charge is 0.480 e. The van der Waals surface area contributed by atoms with Crippen LogP contribution in [0.4, 0.5) is 0 Å². The van der Waals surface area contributed by atoms with E-state index in [0.717, 1.165) is 31.5 Å². The maximum atomic E-state index is 11.0. The molecule has 1 fully saturated rings. The van der Waals surface area contributed by atoms with Crippen molar-refractivity contribution in [3.63, 3.8) is 0 Å². The molecule has 1 aromatic rings. The molecule has 0 radical (unpaired) electrons. The van der Waals surface area contributed by atoms with Gasteiger partial charge in [0.25, 0.3) is 0 Å². The zero-order valence-electron chi connectivity index (χ0n) is 9.27. The smallest absolute Gasteiger partial charge is 0.320 e. The second kappa shape index (κ2) is 4.93. The van der Waals surface area contributed by atoms with Crippen LogP contribution in [0.1, 0.15) is 23.4 Å². The molecule has 1 aliphatic rings. The molecule has 0 spiro atoms. The van der Waals surface area contributed by atoms with Gasteiger partial charge in [0.15, 0.2) is 0 Å². The molecular formula is C11H16N2O2S. The Labute approximate surface area is 98.7 Å². The van der Waals surface area contributed by atoms with Crippen LogP contribution in [-0.2, 0) is 11.2 Å². The molecule has 0 bridgehead atoms. The molecule has 0 aliphatic heterocycles. The van der Waals surface area contributed by atoms with Crippen molar-refractivity contribution in [2.75, 3.05) is 6.54 Å². The number of aromatic nitrogens is 1. The van der Waals surface area contributed by atoms with E-state index < -0.39 is 5.97 Å². The Hall–Kier alpha value is -0.940. The molecule has 1 saturated carbocycles. The number of nitrogens with zero attached hydrogens (tertiary/aromatic N) is 1. The summed E-state index contributed by atoms with van der Waals surface area (Å²) in [7, 11) is 0. The van der Waals surface area contributed by atoms with Crippen molar-refractivity contribution in [2.45, 2.75) is 32.2 Å². The molecular weight excluding hydrogens is 224 g/mol. The molecule has 1 heterocycles. The van der Waals surface area contributed by atoms with Crippen LogP contribution in [-0.4, -0.2) is 28.6 Å². The van der Waals surface area contributed by atoms with Crippen LogP contribution in [0, 0.1) is 12.8 Å². The van der Waals surface area contributed by atoms with Crippen molar-refractivity contribution < 1.29 is 9.90 Å². The van der Waals surface area contributed by atoms with Crippen molar-refractivity contribution in [1.82, 2.24) is 10.3 Å². The summed E-state index contributed by atoms with van der Waals surface area (Å²) in [4.78, 5) is 16.4. The monoisotopic (exact) mass is 240 g/mol. The van der Waals surface area contributed by atoms with E-state index in [9.17, 15) is 4.79 Å². The van der Waals surface area contributed by atoms with Crippen LogP contribution in [0.15, 0.2) is 5.51 Å². The number of carbonyl (C=O) groups is 1. The number of hydrogen-bond donors (Lipinski definition) is 2. The van der Waals surface area contributed by atoms with Crippen LogP contribution < -0.4 is 5.32 Å². The first kappa shape index (κ1) is 11.5. The van der Waals surface area contributed by atoms with E-state index in [1.165, 1.54) is 4.88 Å². The van der Waals surface area contributed by atoms with Gasteiger partial charge in [-0.25, -0.2) is 4.98 Å². The zero-order chi connectivity index (χ0) is 11.5. The Balaban J connectivity index is 1.78. The lowest BCUT2D eigenvalue weighted by Crippen LogP contribution is -2.39. The minimum Gasteiger partial charge on any atom is -0.480 e. The molecule has 1 aliphatic carbocycles. The quantitative estimate of drug-likeness (QED) is 0.790. The van der Waals surface area contributed by atoms with Crippen LogP contribution >= 0.6 is 11.3 Å². The molecule has 4 nitrogen and oxygen atoms in total. The first-order valence-electron chi connectivity index (χ1n) is 5.53. The lowest BCUT2D eigenvalue weighted by atomic mass is 10.2. The van der Waals surface area contributed by atoms with Gasteiger partial charge >= 0.3 is 5.97 Å². The Morgan fingerprint density at radius 1 is 1.75 bits per heavy atom. The third kappa shape index (κ3) is 2.80. The maximum Gasteiger partial charge on any atom is 0.320 e. The number of aryl methyl sites for hydroxylation is 1. The fourth-order valence-corrected chi connectivity index (χ4v) is 2.57. The van der Waals surface area contributed by atoms with E-state index in [-0.39, 0.29) is 6.04 Å². The summed E-state index contributed by atoms with van der Waals surface area (Å²) in [6.45, 7) is 2.71. The van der Waals surface area contributed by atoms with Crippen molar-refractivity contribution >= 4 is 17.3 Å². The van der Waals surface area contributed by atoms with Crippen molar-refractivity contribution in [3.8, 4) is 0 Å². The Morgan fingerprint density at radius 3 is 3.00 bits per heavy atom. The summed E-state index contributed by atoms with van der Waals surface area (Å²) in [6.07, 6.45) is 2.96. The minimum absolute atomic E-state index is 0.347. The van der Waals surface area contributed by atoms with E-state index >= 15 is 0 Å². The van der Waals surface area contributed by atoms with E-state index in [1.807, 2.05) is 12.4 Å². The lowest BCUT2D eigenvalue weighted by Gasteiger charge is -2.12. The van der Waals surface area contributed by atoms with E-state index in [1.54, 1.807) is 11.3 Å². The summed E-state index contributed by atoms with van der Waals surface area (Å²) in [5.74, 6) is -0.372. The average Bonchev–Trinajstić information content (AvgIpc) is 2.98. The molecule has 1 unspecified atom stereocenters. The molecule has 0 amide bonds. The maximum absolute atomic E-state index is 11.0.